The number of hydrogen-bond donors (Lipinski definition) is 0. The fraction of sp³-hybridized carbons (Fsp3) is 0. The van der Waals surface area contributed by atoms with Gasteiger partial charge in [0.2, 0.25) is 0 Å². The molecule has 0 radical (unpaired) electrons. The molecule has 23 aromatic carbocycles. The molecule has 0 aliphatic heterocycles. The lowest BCUT2D eigenvalue weighted by atomic mass is 10.00. The maximum Gasteiger partial charge on any atom is 0.0549 e. The summed E-state index contributed by atoms with van der Waals surface area (Å²) >= 11 is 0. The van der Waals surface area contributed by atoms with Crippen LogP contribution in [-0.4, -0.2) is 27.4 Å². The lowest BCUT2D eigenvalue weighted by molar-refractivity contribution is 1.17. The predicted molar refractivity (Wildman–Crippen MR) is 585 cm³/mol. The molecule has 0 aliphatic rings. The van der Waals surface area contributed by atoms with E-state index in [0.29, 0.717) is 0 Å². The molecule has 0 amide bonds. The summed E-state index contributed by atoms with van der Waals surface area (Å²) in [5.41, 5.74) is 33.8. The van der Waals surface area contributed by atoms with Crippen molar-refractivity contribution in [3.8, 4) is 89.8 Å². The lowest BCUT2D eigenvalue weighted by Gasteiger charge is -2.12. The molecule has 6 nitrogen and oxygen atoms in total. The second kappa shape index (κ2) is 32.8. The van der Waals surface area contributed by atoms with Crippen LogP contribution in [0.25, 0.3) is 253 Å². The molecule has 0 aliphatic carbocycles. The Morgan fingerprint density at radius 3 is 0.667 bits per heavy atom. The van der Waals surface area contributed by atoms with Crippen molar-refractivity contribution in [2.45, 2.75) is 0 Å². The third-order valence-corrected chi connectivity index (χ3v) is 28.5. The Labute approximate surface area is 796 Å². The smallest absolute Gasteiger partial charge is 0.0549 e. The molecule has 0 saturated carbocycles. The van der Waals surface area contributed by atoms with Gasteiger partial charge >= 0.3 is 0 Å². The van der Waals surface area contributed by atoms with Crippen LogP contribution in [0.2, 0.25) is 0 Å². The number of fused-ring (bicyclic) bond motifs is 24. The lowest BCUT2D eigenvalue weighted by Crippen LogP contribution is -1.96. The maximum atomic E-state index is 2.45. The first-order chi connectivity index (χ1) is 68.5. The zero-order chi connectivity index (χ0) is 90.8. The van der Waals surface area contributed by atoms with Gasteiger partial charge in [0.15, 0.2) is 0 Å². The Balaban J connectivity index is 0.000000105. The molecular formula is C132H86N6. The largest absolute Gasteiger partial charge is 0.309 e. The summed E-state index contributed by atoms with van der Waals surface area (Å²) in [4.78, 5) is 0. The first kappa shape index (κ1) is 79.4. The van der Waals surface area contributed by atoms with Crippen molar-refractivity contribution in [3.05, 3.63) is 522 Å². The summed E-state index contributed by atoms with van der Waals surface area (Å²) < 4.78 is 14.6. The molecule has 29 aromatic rings. The van der Waals surface area contributed by atoms with Crippen LogP contribution in [-0.2, 0) is 0 Å². The fourth-order valence-electron chi connectivity index (χ4n) is 22.3. The predicted octanol–water partition coefficient (Wildman–Crippen LogP) is 35.4. The summed E-state index contributed by atoms with van der Waals surface area (Å²) in [6.45, 7) is 0. The van der Waals surface area contributed by atoms with E-state index in [0.717, 1.165) is 11.4 Å². The van der Waals surface area contributed by atoms with Crippen LogP contribution in [0.15, 0.2) is 522 Å². The second-order valence-corrected chi connectivity index (χ2v) is 36.1. The summed E-state index contributed by atoms with van der Waals surface area (Å²) in [6.07, 6.45) is 0. The topological polar surface area (TPSA) is 29.6 Å². The summed E-state index contributed by atoms with van der Waals surface area (Å²) in [7, 11) is 0. The van der Waals surface area contributed by atoms with Gasteiger partial charge in [0.25, 0.3) is 0 Å². The Morgan fingerprint density at radius 2 is 0.319 bits per heavy atom. The number of para-hydroxylation sites is 6. The Bertz CT molecular complexity index is 9870. The minimum absolute atomic E-state index is 1.16. The van der Waals surface area contributed by atoms with Gasteiger partial charge in [-0.1, -0.05) is 382 Å². The molecule has 0 N–H and O–H groups in total. The zero-order valence-corrected chi connectivity index (χ0v) is 75.3. The minimum Gasteiger partial charge on any atom is -0.309 e. The number of aromatic nitrogens is 6. The Morgan fingerprint density at radius 1 is 0.101 bits per heavy atom. The van der Waals surface area contributed by atoms with Gasteiger partial charge < -0.3 is 27.4 Å². The number of hydrogen-bond acceptors (Lipinski definition) is 0. The van der Waals surface area contributed by atoms with Crippen LogP contribution in [0.1, 0.15) is 0 Å². The highest BCUT2D eigenvalue weighted by Crippen LogP contribution is 2.49. The summed E-state index contributed by atoms with van der Waals surface area (Å²) in [5, 5.41) is 22.8. The second-order valence-electron chi connectivity index (χ2n) is 36.1. The van der Waals surface area contributed by atoms with Gasteiger partial charge in [0.1, 0.15) is 0 Å². The van der Waals surface area contributed by atoms with Crippen molar-refractivity contribution >= 4 is 163 Å². The molecule has 0 fully saturated rings. The van der Waals surface area contributed by atoms with Crippen LogP contribution in [0, 0.1) is 0 Å². The molecule has 29 rings (SSSR count). The van der Waals surface area contributed by atoms with Gasteiger partial charge in [0.05, 0.1) is 71.9 Å². The Hall–Kier alpha value is -18.4. The van der Waals surface area contributed by atoms with E-state index in [-0.39, 0.29) is 0 Å². The van der Waals surface area contributed by atoms with Crippen LogP contribution in [0.4, 0.5) is 0 Å². The molecule has 0 saturated heterocycles. The van der Waals surface area contributed by atoms with Gasteiger partial charge in [-0.3, -0.25) is 0 Å². The minimum atomic E-state index is 1.16. The average molecular weight is 1760 g/mol. The SMILES string of the molecule is c1ccc(-c2ccc(-c3ccc(-n4c5ccccc5c5c6c7ccccc7n(-c7ccc8ccccc8c7)c6ccc54)cc3)cc2)cc1.c1ccc(-c2ccc(-c3cccc(-n4c5ccccc5c5c6c7ccccc7n(-c7ccc8ccccc8c7)c6ccc54)c3)cc2)cc1.c1ccc(-c2cccc(-n3c4ccccc4c4c5c6ccccc6n(-c6cccc7ccccc67)c5ccc43)c2)cc1. The number of nitrogens with zero attached hydrogens (tertiary/aromatic N) is 6. The van der Waals surface area contributed by atoms with E-state index < -0.39 is 0 Å². The van der Waals surface area contributed by atoms with E-state index in [1.807, 2.05) is 0 Å². The maximum absolute atomic E-state index is 2.45. The molecule has 138 heavy (non-hydrogen) atoms. The highest BCUT2D eigenvalue weighted by atomic mass is 15.0. The first-order valence-corrected chi connectivity index (χ1v) is 47.5. The van der Waals surface area contributed by atoms with Crippen molar-refractivity contribution in [3.63, 3.8) is 0 Å². The molecular weight excluding hydrogens is 1670 g/mol. The molecule has 6 aromatic heterocycles. The fourth-order valence-corrected chi connectivity index (χ4v) is 22.3. The van der Waals surface area contributed by atoms with E-state index in [1.165, 1.54) is 242 Å². The van der Waals surface area contributed by atoms with Crippen molar-refractivity contribution in [1.82, 2.24) is 27.4 Å². The van der Waals surface area contributed by atoms with Gasteiger partial charge in [-0.05, 0) is 222 Å². The van der Waals surface area contributed by atoms with Gasteiger partial charge in [-0.25, -0.2) is 0 Å². The quantitative estimate of drug-likeness (QED) is 0.124. The highest BCUT2D eigenvalue weighted by Gasteiger charge is 2.27. The van der Waals surface area contributed by atoms with E-state index in [1.54, 1.807) is 0 Å². The Kier molecular flexibility index (Phi) is 18.9. The van der Waals surface area contributed by atoms with Crippen LogP contribution < -0.4 is 0 Å². The van der Waals surface area contributed by atoms with E-state index in [2.05, 4.69) is 549 Å². The van der Waals surface area contributed by atoms with E-state index in [9.17, 15) is 0 Å². The molecule has 0 bridgehead atoms. The average Bonchev–Trinajstić information content (AvgIpc) is 1.55. The van der Waals surface area contributed by atoms with E-state index in [4.69, 9.17) is 0 Å². The third-order valence-electron chi connectivity index (χ3n) is 28.5. The number of rotatable bonds is 11. The van der Waals surface area contributed by atoms with Crippen LogP contribution in [0.5, 0.6) is 0 Å². The monoisotopic (exact) mass is 1750 g/mol. The highest BCUT2D eigenvalue weighted by molar-refractivity contribution is 6.32. The third kappa shape index (κ3) is 13.1. The molecule has 6 heterocycles. The molecule has 0 atom stereocenters. The van der Waals surface area contributed by atoms with Crippen LogP contribution in [0.3, 0.4) is 0 Å². The molecule has 6 heteroatoms. The van der Waals surface area contributed by atoms with Crippen molar-refractivity contribution in [2.75, 3.05) is 0 Å². The van der Waals surface area contributed by atoms with Gasteiger partial charge in [-0.2, -0.15) is 0 Å². The van der Waals surface area contributed by atoms with Crippen LogP contribution >= 0.6 is 0 Å². The molecule has 0 spiro atoms. The number of benzene rings is 23. The molecule has 644 valence electrons. The normalized spacial score (nSPS) is 11.8. The first-order valence-electron chi connectivity index (χ1n) is 47.5. The van der Waals surface area contributed by atoms with Crippen molar-refractivity contribution in [2.24, 2.45) is 0 Å². The summed E-state index contributed by atoms with van der Waals surface area (Å²) in [6, 6.07) is 189. The zero-order valence-electron chi connectivity index (χ0n) is 75.3. The van der Waals surface area contributed by atoms with Crippen molar-refractivity contribution < 1.29 is 0 Å². The van der Waals surface area contributed by atoms with Gasteiger partial charge in [0, 0.05) is 98.5 Å². The van der Waals surface area contributed by atoms with Gasteiger partial charge in [-0.15, -0.1) is 0 Å². The van der Waals surface area contributed by atoms with E-state index >= 15 is 0 Å². The molecule has 0 unspecified atom stereocenters. The standard InChI is InChI=1S/2C46H30N2.C40H26N2/c1-2-11-31(12-3-1)33-21-23-34(24-22-33)36-15-10-16-37(29-36)47-41-19-8-6-17-39(41)45-43(47)27-28-44-46(45)40-18-7-9-20-42(40)48(44)38-26-25-32-13-4-5-14-35(32)30-38;1-2-10-31(11-3-1)33-18-20-34(21-19-33)35-22-25-37(26-23-35)47-41-16-8-6-14-39(41)45-43(47)28-29-44-46(45)40-15-7-9-17-42(40)48(44)38-27-24-32-12-4-5-13-36(32)30-38;1-2-12-27(13-3-1)29-16-10-17-30(26-29)41-35-21-8-6-19-32(35)39-37(41)24-25-38-40(39)33-20-7-9-22-36(33)42(38)34-23-11-15-28-14-4-5-18-31(28)34/h2*1-30H;1-26H. The summed E-state index contributed by atoms with van der Waals surface area (Å²) in [5.74, 6) is 0. The van der Waals surface area contributed by atoms with Crippen molar-refractivity contribution in [1.29, 1.82) is 0 Å².